The summed E-state index contributed by atoms with van der Waals surface area (Å²) >= 11 is 0. The number of fused-ring (bicyclic) bond motifs is 1. The summed E-state index contributed by atoms with van der Waals surface area (Å²) in [7, 11) is -1.14. The third-order valence-corrected chi connectivity index (χ3v) is 6.37. The van der Waals surface area contributed by atoms with Gasteiger partial charge in [-0.25, -0.2) is 8.42 Å². The number of hydrogen-bond donors (Lipinski definition) is 0. The zero-order valence-corrected chi connectivity index (χ0v) is 17.6. The summed E-state index contributed by atoms with van der Waals surface area (Å²) in [6.45, 7) is 3.60. The average molecular weight is 415 g/mol. The highest BCUT2D eigenvalue weighted by Crippen LogP contribution is 2.23. The lowest BCUT2D eigenvalue weighted by Gasteiger charge is -2.24. The summed E-state index contributed by atoms with van der Waals surface area (Å²) < 4.78 is 37.3. The van der Waals surface area contributed by atoms with E-state index in [0.29, 0.717) is 23.9 Å². The Bertz CT molecular complexity index is 1090. The molecule has 154 valence electrons. The third kappa shape index (κ3) is 4.63. The van der Waals surface area contributed by atoms with Crippen LogP contribution in [0, 0.1) is 0 Å². The monoisotopic (exact) mass is 414 g/mol. The van der Waals surface area contributed by atoms with Crippen molar-refractivity contribution >= 4 is 20.7 Å². The first-order valence-electron chi connectivity index (χ1n) is 9.70. The molecule has 0 unspecified atom stereocenters. The lowest BCUT2D eigenvalue weighted by atomic mass is 10.1. The molecular weight excluding hydrogens is 388 g/mol. The molecule has 4 rings (SSSR count). The molecule has 0 radical (unpaired) electrons. The van der Waals surface area contributed by atoms with E-state index >= 15 is 0 Å². The van der Waals surface area contributed by atoms with Gasteiger partial charge in [0.15, 0.2) is 9.84 Å². The van der Waals surface area contributed by atoms with E-state index in [1.807, 2.05) is 0 Å². The normalized spacial score (nSPS) is 18.6. The van der Waals surface area contributed by atoms with Crippen LogP contribution in [0.25, 0.3) is 10.9 Å². The Balaban J connectivity index is 1.46. The van der Waals surface area contributed by atoms with Crippen molar-refractivity contribution in [1.82, 2.24) is 9.47 Å². The SMILES string of the molecule is Cn1cc(CN2CCOC[C@H](Oc3ccc(S(C)(=O)=O)cc3)C2)c2ccccc21. The predicted molar refractivity (Wildman–Crippen MR) is 113 cm³/mol. The second kappa shape index (κ2) is 8.18. The highest BCUT2D eigenvalue weighted by Gasteiger charge is 2.21. The molecule has 1 atom stereocenters. The van der Waals surface area contributed by atoms with Crippen molar-refractivity contribution in [2.75, 3.05) is 32.6 Å². The molecule has 1 aliphatic heterocycles. The van der Waals surface area contributed by atoms with Crippen LogP contribution in [-0.4, -0.2) is 56.5 Å². The van der Waals surface area contributed by atoms with E-state index in [4.69, 9.17) is 9.47 Å². The third-order valence-electron chi connectivity index (χ3n) is 5.25. The van der Waals surface area contributed by atoms with Crippen LogP contribution in [0.15, 0.2) is 59.6 Å². The van der Waals surface area contributed by atoms with E-state index in [2.05, 4.69) is 47.0 Å². The first-order chi connectivity index (χ1) is 13.9. The van der Waals surface area contributed by atoms with Gasteiger partial charge >= 0.3 is 0 Å². The van der Waals surface area contributed by atoms with Gasteiger partial charge in [-0.1, -0.05) is 18.2 Å². The Morgan fingerprint density at radius 2 is 1.90 bits per heavy atom. The minimum Gasteiger partial charge on any atom is -0.487 e. The van der Waals surface area contributed by atoms with Crippen molar-refractivity contribution in [2.24, 2.45) is 7.05 Å². The second-order valence-electron chi connectivity index (χ2n) is 7.58. The molecule has 2 heterocycles. The van der Waals surface area contributed by atoms with Gasteiger partial charge in [0.2, 0.25) is 0 Å². The molecule has 1 saturated heterocycles. The molecule has 0 spiro atoms. The number of sulfone groups is 1. The van der Waals surface area contributed by atoms with E-state index in [-0.39, 0.29) is 6.10 Å². The minimum atomic E-state index is -3.21. The van der Waals surface area contributed by atoms with Gasteiger partial charge in [-0.05, 0) is 35.9 Å². The summed E-state index contributed by atoms with van der Waals surface area (Å²) in [6, 6.07) is 15.0. The largest absolute Gasteiger partial charge is 0.487 e. The van der Waals surface area contributed by atoms with Gasteiger partial charge in [0.1, 0.15) is 11.9 Å². The van der Waals surface area contributed by atoms with Crippen LogP contribution < -0.4 is 4.74 Å². The van der Waals surface area contributed by atoms with Crippen molar-refractivity contribution in [2.45, 2.75) is 17.5 Å². The fraction of sp³-hybridized carbons (Fsp3) is 0.364. The van der Waals surface area contributed by atoms with Gasteiger partial charge in [0.05, 0.1) is 18.1 Å². The van der Waals surface area contributed by atoms with Crippen LogP contribution in [0.5, 0.6) is 5.75 Å². The molecular formula is C22H26N2O4S. The van der Waals surface area contributed by atoms with Crippen molar-refractivity contribution < 1.29 is 17.9 Å². The molecule has 29 heavy (non-hydrogen) atoms. The fourth-order valence-corrected chi connectivity index (χ4v) is 4.44. The summed E-state index contributed by atoms with van der Waals surface area (Å²) in [4.78, 5) is 2.64. The Kier molecular flexibility index (Phi) is 5.63. The van der Waals surface area contributed by atoms with Crippen LogP contribution >= 0.6 is 0 Å². The molecule has 1 aliphatic rings. The molecule has 7 heteroatoms. The molecule has 0 amide bonds. The van der Waals surface area contributed by atoms with Crippen molar-refractivity contribution in [3.63, 3.8) is 0 Å². The molecule has 0 N–H and O–H groups in total. The Morgan fingerprint density at radius 1 is 1.14 bits per heavy atom. The van der Waals surface area contributed by atoms with Gasteiger partial charge in [-0.2, -0.15) is 0 Å². The zero-order chi connectivity index (χ0) is 20.4. The van der Waals surface area contributed by atoms with Gasteiger partial charge < -0.3 is 14.0 Å². The smallest absolute Gasteiger partial charge is 0.175 e. The Morgan fingerprint density at radius 3 is 2.66 bits per heavy atom. The molecule has 1 aromatic heterocycles. The van der Waals surface area contributed by atoms with Gasteiger partial charge in [0.25, 0.3) is 0 Å². The highest BCUT2D eigenvalue weighted by molar-refractivity contribution is 7.90. The summed E-state index contributed by atoms with van der Waals surface area (Å²) in [5.41, 5.74) is 2.52. The van der Waals surface area contributed by atoms with E-state index in [1.54, 1.807) is 24.3 Å². The number of aryl methyl sites for hydroxylation is 1. The molecule has 2 aromatic carbocycles. The fourth-order valence-electron chi connectivity index (χ4n) is 3.81. The first-order valence-corrected chi connectivity index (χ1v) is 11.6. The van der Waals surface area contributed by atoms with Crippen LogP contribution in [0.4, 0.5) is 0 Å². The van der Waals surface area contributed by atoms with E-state index in [1.165, 1.54) is 22.7 Å². The molecule has 3 aromatic rings. The number of para-hydroxylation sites is 1. The van der Waals surface area contributed by atoms with E-state index in [0.717, 1.165) is 19.6 Å². The number of benzene rings is 2. The number of aromatic nitrogens is 1. The number of hydrogen-bond acceptors (Lipinski definition) is 5. The number of ether oxygens (including phenoxy) is 2. The van der Waals surface area contributed by atoms with Gasteiger partial charge in [-0.3, -0.25) is 4.90 Å². The first kappa shape index (κ1) is 19.9. The quantitative estimate of drug-likeness (QED) is 0.643. The number of rotatable bonds is 5. The maximum atomic E-state index is 11.6. The van der Waals surface area contributed by atoms with E-state index < -0.39 is 9.84 Å². The molecule has 1 fully saturated rings. The maximum absolute atomic E-state index is 11.6. The number of nitrogens with zero attached hydrogens (tertiary/aromatic N) is 2. The lowest BCUT2D eigenvalue weighted by Crippen LogP contribution is -2.35. The molecule has 6 nitrogen and oxygen atoms in total. The molecule has 0 bridgehead atoms. The predicted octanol–water partition coefficient (Wildman–Crippen LogP) is 2.86. The zero-order valence-electron chi connectivity index (χ0n) is 16.7. The van der Waals surface area contributed by atoms with Crippen LogP contribution in [-0.2, 0) is 28.2 Å². The summed E-state index contributed by atoms with van der Waals surface area (Å²) in [5, 5.41) is 1.27. The lowest BCUT2D eigenvalue weighted by molar-refractivity contribution is 0.0710. The Labute approximate surface area is 171 Å². The standard InChI is InChI=1S/C22H26N2O4S/c1-23-13-17(21-5-3-4-6-22(21)23)14-24-11-12-27-16-19(15-24)28-18-7-9-20(10-8-18)29(2,25)26/h3-10,13,19H,11-12,14-16H2,1-2H3/t19-/m1/s1. The topological polar surface area (TPSA) is 60.8 Å². The molecule has 0 aliphatic carbocycles. The van der Waals surface area contributed by atoms with Crippen molar-refractivity contribution in [1.29, 1.82) is 0 Å². The van der Waals surface area contributed by atoms with E-state index in [9.17, 15) is 8.42 Å². The average Bonchev–Trinajstić information content (AvgIpc) is 2.85. The van der Waals surface area contributed by atoms with Crippen molar-refractivity contribution in [3.05, 3.63) is 60.3 Å². The van der Waals surface area contributed by atoms with Crippen LogP contribution in [0.2, 0.25) is 0 Å². The second-order valence-corrected chi connectivity index (χ2v) is 9.59. The Hall–Kier alpha value is -2.35. The highest BCUT2D eigenvalue weighted by atomic mass is 32.2. The van der Waals surface area contributed by atoms with Gasteiger partial charge in [-0.15, -0.1) is 0 Å². The van der Waals surface area contributed by atoms with Crippen molar-refractivity contribution in [3.8, 4) is 5.75 Å². The summed E-state index contributed by atoms with van der Waals surface area (Å²) in [6.07, 6.45) is 3.28. The minimum absolute atomic E-state index is 0.114. The maximum Gasteiger partial charge on any atom is 0.175 e. The van der Waals surface area contributed by atoms with Crippen LogP contribution in [0.3, 0.4) is 0 Å². The van der Waals surface area contributed by atoms with Gasteiger partial charge in [0, 0.05) is 50.0 Å². The molecule has 0 saturated carbocycles. The van der Waals surface area contributed by atoms with Crippen LogP contribution in [0.1, 0.15) is 5.56 Å². The summed E-state index contributed by atoms with van der Waals surface area (Å²) in [5.74, 6) is 0.651.